The van der Waals surface area contributed by atoms with E-state index in [4.69, 9.17) is 4.98 Å². The minimum Gasteiger partial charge on any atom is -0.380 e. The van der Waals surface area contributed by atoms with Crippen molar-refractivity contribution in [3.05, 3.63) is 148 Å². The van der Waals surface area contributed by atoms with Crippen molar-refractivity contribution in [3.8, 4) is 0 Å². The number of aromatic nitrogens is 1. The van der Waals surface area contributed by atoms with Gasteiger partial charge in [0.1, 0.15) is 11.4 Å². The maximum Gasteiger partial charge on any atom is 0.132 e. The summed E-state index contributed by atoms with van der Waals surface area (Å²) in [6.07, 6.45) is 1.31. The molecule has 3 heterocycles. The standard InChI is InChI=1S/C42H41BrIN5O/c1-47(2)20-19-42(50,36-17-10-14-30-13-6-7-15-34(30)36)37-28-33(43)27-31-26-32(25-29-11-4-3-5-12-29)41(45-39(31)37)49-23-21-48(22-24-49)40-35-16-8-9-18-38(35)46-44-40/h3-18,26-28,46,50H,19-25H2,1-2H3. The van der Waals surface area contributed by atoms with Crippen molar-refractivity contribution >= 4 is 73.7 Å². The highest BCUT2D eigenvalue weighted by atomic mass is 127. The molecule has 2 N–H and O–H groups in total. The number of benzene rings is 5. The number of nitrogens with zero attached hydrogens (tertiary/aromatic N) is 4. The highest BCUT2D eigenvalue weighted by Gasteiger charge is 2.36. The van der Waals surface area contributed by atoms with Crippen LogP contribution in [0.5, 0.6) is 0 Å². The average molecular weight is 839 g/mol. The van der Waals surface area contributed by atoms with Crippen LogP contribution in [0.3, 0.4) is 0 Å². The molecule has 8 rings (SSSR count). The van der Waals surface area contributed by atoms with Gasteiger partial charge in [-0.2, -0.15) is 0 Å². The van der Waals surface area contributed by atoms with Gasteiger partial charge in [0, 0.05) is 81.1 Å². The Bertz CT molecular complexity index is 2210. The zero-order chi connectivity index (χ0) is 34.2. The predicted molar refractivity (Wildman–Crippen MR) is 221 cm³/mol. The molecular weight excluding hydrogens is 797 g/mol. The van der Waals surface area contributed by atoms with E-state index in [1.54, 1.807) is 0 Å². The first-order valence-electron chi connectivity index (χ1n) is 17.3. The molecule has 2 aliphatic heterocycles. The molecule has 0 amide bonds. The van der Waals surface area contributed by atoms with Crippen molar-refractivity contribution in [3.63, 3.8) is 0 Å². The molecule has 1 aromatic heterocycles. The zero-order valence-electron chi connectivity index (χ0n) is 28.4. The van der Waals surface area contributed by atoms with Crippen LogP contribution in [-0.4, -0.2) is 70.3 Å². The Labute approximate surface area is 313 Å². The number of anilines is 2. The smallest absolute Gasteiger partial charge is 0.132 e. The van der Waals surface area contributed by atoms with Crippen LogP contribution in [0.1, 0.15) is 34.2 Å². The van der Waals surface area contributed by atoms with Crippen molar-refractivity contribution in [2.45, 2.75) is 18.4 Å². The Morgan fingerprint density at radius 1 is 0.800 bits per heavy atom. The molecule has 0 bridgehead atoms. The fourth-order valence-electron chi connectivity index (χ4n) is 7.44. The Morgan fingerprint density at radius 2 is 1.52 bits per heavy atom. The van der Waals surface area contributed by atoms with Crippen LogP contribution in [-0.2, 0) is 12.0 Å². The monoisotopic (exact) mass is 837 g/mol. The third kappa shape index (κ3) is 6.48. The summed E-state index contributed by atoms with van der Waals surface area (Å²) in [5, 5.41) is 16.4. The lowest BCUT2D eigenvalue weighted by atomic mass is 9.80. The molecule has 254 valence electrons. The molecule has 0 radical (unpaired) electrons. The summed E-state index contributed by atoms with van der Waals surface area (Å²) in [5.74, 6) is 1.02. The topological polar surface area (TPSA) is 54.9 Å². The van der Waals surface area contributed by atoms with Crippen LogP contribution >= 0.6 is 36.9 Å². The lowest BCUT2D eigenvalue weighted by Gasteiger charge is -2.37. The lowest BCUT2D eigenvalue weighted by molar-refractivity contribution is 0.0656. The van der Waals surface area contributed by atoms with Crippen molar-refractivity contribution in [2.75, 3.05) is 55.2 Å². The number of aliphatic hydroxyl groups is 1. The second kappa shape index (κ2) is 14.2. The van der Waals surface area contributed by atoms with E-state index in [0.717, 1.165) is 75.7 Å². The number of rotatable bonds is 9. The van der Waals surface area contributed by atoms with Gasteiger partial charge in [0.05, 0.1) is 14.8 Å². The van der Waals surface area contributed by atoms with Crippen LogP contribution in [0.2, 0.25) is 0 Å². The number of nitrogens with one attached hydrogen (secondary N) is 1. The number of halogens is 2. The second-order valence-electron chi connectivity index (χ2n) is 13.6. The molecule has 1 fully saturated rings. The highest BCUT2D eigenvalue weighted by Crippen LogP contribution is 2.43. The molecule has 1 atom stereocenters. The van der Waals surface area contributed by atoms with Crippen LogP contribution in [0.4, 0.5) is 11.5 Å². The normalized spacial score (nSPS) is 16.2. The van der Waals surface area contributed by atoms with Crippen molar-refractivity contribution in [2.24, 2.45) is 0 Å². The van der Waals surface area contributed by atoms with Gasteiger partial charge in [-0.25, -0.2) is 4.98 Å². The van der Waals surface area contributed by atoms with Gasteiger partial charge in [0.25, 0.3) is 0 Å². The van der Waals surface area contributed by atoms with Gasteiger partial charge in [-0.15, -0.1) is 0 Å². The number of fused-ring (bicyclic) bond motifs is 3. The summed E-state index contributed by atoms with van der Waals surface area (Å²) in [5.41, 5.74) is 6.42. The van der Waals surface area contributed by atoms with Crippen LogP contribution < -0.4 is 8.43 Å². The predicted octanol–water partition coefficient (Wildman–Crippen LogP) is 8.54. The first-order valence-corrected chi connectivity index (χ1v) is 20.2. The molecule has 8 heteroatoms. The van der Waals surface area contributed by atoms with Gasteiger partial charge in [0.2, 0.25) is 0 Å². The molecule has 0 spiro atoms. The molecule has 6 aromatic rings. The summed E-state index contributed by atoms with van der Waals surface area (Å²) in [6, 6.07) is 40.6. The number of piperazine rings is 1. The van der Waals surface area contributed by atoms with Gasteiger partial charge in [-0.05, 0) is 72.2 Å². The number of pyridine rings is 1. The van der Waals surface area contributed by atoms with E-state index < -0.39 is 5.60 Å². The van der Waals surface area contributed by atoms with E-state index >= 15 is 0 Å². The Balaban J connectivity index is 1.25. The van der Waals surface area contributed by atoms with Gasteiger partial charge in [-0.3, -0.25) is 4.90 Å². The van der Waals surface area contributed by atoms with Crippen LogP contribution in [0, 0.1) is 0 Å². The van der Waals surface area contributed by atoms with Crippen molar-refractivity contribution in [1.29, 1.82) is 0 Å². The number of hydrogen-bond acceptors (Lipinski definition) is 6. The van der Waals surface area contributed by atoms with Crippen LogP contribution in [0.15, 0.2) is 120 Å². The third-order valence-electron chi connectivity index (χ3n) is 10.0. The van der Waals surface area contributed by atoms with Crippen molar-refractivity contribution in [1.82, 2.24) is 14.8 Å². The molecule has 1 unspecified atom stereocenters. The summed E-state index contributed by atoms with van der Waals surface area (Å²) in [7, 11) is 4.13. The minimum atomic E-state index is -1.28. The van der Waals surface area contributed by atoms with Gasteiger partial charge in [0.15, 0.2) is 0 Å². The summed E-state index contributed by atoms with van der Waals surface area (Å²) >= 11 is 3.59. The van der Waals surface area contributed by atoms with E-state index in [1.807, 2.05) is 0 Å². The largest absolute Gasteiger partial charge is 0.380 e. The second-order valence-corrected chi connectivity index (χ2v) is 16.6. The lowest BCUT2D eigenvalue weighted by Crippen LogP contribution is -2.49. The average Bonchev–Trinajstić information content (AvgIpc) is 3.58. The Hall–Kier alpha value is -3.67. The SMILES string of the molecule is CN(C)CCC(O)(c1cccc2ccccc12)c1cc(Br)cc2cc(Cc3ccccc3)c(N3CCN(C4=INc5ccccc54)CC3)nc12. The number of para-hydroxylation sites is 1. The Morgan fingerprint density at radius 3 is 2.34 bits per heavy atom. The summed E-state index contributed by atoms with van der Waals surface area (Å²) in [4.78, 5) is 12.8. The fourth-order valence-corrected chi connectivity index (χ4v) is 10.5. The van der Waals surface area contributed by atoms with Gasteiger partial charge < -0.3 is 18.4 Å². The van der Waals surface area contributed by atoms with E-state index in [2.05, 4.69) is 164 Å². The van der Waals surface area contributed by atoms with E-state index in [0.29, 0.717) is 13.0 Å². The molecule has 6 nitrogen and oxygen atoms in total. The first-order chi connectivity index (χ1) is 24.4. The van der Waals surface area contributed by atoms with Gasteiger partial charge in [-0.1, -0.05) is 107 Å². The molecular formula is C42H41BrIN5O. The van der Waals surface area contributed by atoms with E-state index in [9.17, 15) is 5.11 Å². The zero-order valence-corrected chi connectivity index (χ0v) is 32.2. The summed E-state index contributed by atoms with van der Waals surface area (Å²) < 4.78 is 6.11. The maximum atomic E-state index is 13.2. The molecule has 0 aliphatic carbocycles. The molecule has 2 aliphatic rings. The third-order valence-corrected chi connectivity index (χ3v) is 13.1. The molecule has 0 saturated carbocycles. The Kier molecular flexibility index (Phi) is 9.48. The van der Waals surface area contributed by atoms with Crippen molar-refractivity contribution < 1.29 is 5.11 Å². The maximum absolute atomic E-state index is 13.2. The highest BCUT2D eigenvalue weighted by molar-refractivity contribution is 14.2. The molecule has 1 saturated heterocycles. The quantitative estimate of drug-likeness (QED) is 0.113. The first kappa shape index (κ1) is 33.5. The fraction of sp³-hybridized carbons (Fsp3) is 0.238. The van der Waals surface area contributed by atoms with Gasteiger partial charge >= 0.3 is 0 Å². The molecule has 50 heavy (non-hydrogen) atoms. The van der Waals surface area contributed by atoms with Crippen LogP contribution in [0.25, 0.3) is 21.7 Å². The molecule has 5 aromatic carbocycles. The minimum absolute atomic E-state index is 0.256. The van der Waals surface area contributed by atoms with E-state index in [1.165, 1.54) is 26.0 Å². The number of hydrogen-bond donors (Lipinski definition) is 2. The van der Waals surface area contributed by atoms with E-state index in [-0.39, 0.29) is 21.0 Å². The summed E-state index contributed by atoms with van der Waals surface area (Å²) in [6.45, 7) is 4.39.